The molecule has 0 aliphatic rings. The molecule has 3 rings (SSSR count). The lowest BCUT2D eigenvalue weighted by Crippen LogP contribution is -2.07. The number of thioether (sulfide) groups is 1. The molecule has 0 spiro atoms. The number of rotatable bonds is 7. The Hall–Kier alpha value is -2.27. The zero-order valence-corrected chi connectivity index (χ0v) is 13.9. The highest BCUT2D eigenvalue weighted by atomic mass is 32.2. The third-order valence-corrected chi connectivity index (χ3v) is 4.47. The molecular weight excluding hydrogens is 306 g/mol. The molecule has 118 valence electrons. The molecule has 4 nitrogen and oxygen atoms in total. The lowest BCUT2D eigenvalue weighted by molar-refractivity contribution is 0.288. The molecule has 23 heavy (non-hydrogen) atoms. The van der Waals surface area contributed by atoms with E-state index in [9.17, 15) is 0 Å². The van der Waals surface area contributed by atoms with Crippen LogP contribution in [0.15, 0.2) is 65.8 Å². The zero-order chi connectivity index (χ0) is 15.9. The van der Waals surface area contributed by atoms with Crippen molar-refractivity contribution in [2.45, 2.75) is 31.0 Å². The van der Waals surface area contributed by atoms with Gasteiger partial charge in [-0.05, 0) is 24.6 Å². The van der Waals surface area contributed by atoms with Crippen molar-refractivity contribution in [3.05, 3.63) is 72.1 Å². The molecule has 0 N–H and O–H groups in total. The third kappa shape index (κ3) is 4.13. The van der Waals surface area contributed by atoms with Gasteiger partial charge in [-0.3, -0.25) is 0 Å². The Bertz CT molecular complexity index is 668. The van der Waals surface area contributed by atoms with E-state index in [0.717, 1.165) is 29.0 Å². The fraction of sp³-hybridized carbons (Fsp3) is 0.222. The first-order valence-electron chi connectivity index (χ1n) is 7.63. The van der Waals surface area contributed by atoms with Crippen molar-refractivity contribution in [3.8, 4) is 5.75 Å². The van der Waals surface area contributed by atoms with Crippen LogP contribution in [0.4, 0.5) is 0 Å². The Labute approximate surface area is 140 Å². The molecule has 0 aliphatic heterocycles. The number of aromatic nitrogens is 3. The quantitative estimate of drug-likeness (QED) is 0.611. The van der Waals surface area contributed by atoms with E-state index in [4.69, 9.17) is 4.74 Å². The molecule has 0 radical (unpaired) electrons. The molecule has 0 saturated heterocycles. The number of benzene rings is 2. The van der Waals surface area contributed by atoms with Crippen LogP contribution < -0.4 is 4.74 Å². The van der Waals surface area contributed by atoms with Crippen LogP contribution >= 0.6 is 11.8 Å². The van der Waals surface area contributed by atoms with Gasteiger partial charge in [0.15, 0.2) is 11.0 Å². The van der Waals surface area contributed by atoms with E-state index >= 15 is 0 Å². The second kappa shape index (κ2) is 7.83. The smallest absolute Gasteiger partial charge is 0.191 e. The minimum atomic E-state index is 0.427. The van der Waals surface area contributed by atoms with Gasteiger partial charge in [0.25, 0.3) is 0 Å². The van der Waals surface area contributed by atoms with Crippen LogP contribution in [-0.2, 0) is 18.9 Å². The molecular formula is C18H19N3OS. The second-order valence-electron chi connectivity index (χ2n) is 5.02. The third-order valence-electron chi connectivity index (χ3n) is 3.43. The molecule has 0 aliphatic carbocycles. The second-order valence-corrected chi connectivity index (χ2v) is 5.96. The minimum Gasteiger partial charge on any atom is -0.486 e. The number of nitrogens with zero attached hydrogens (tertiary/aromatic N) is 3. The maximum absolute atomic E-state index is 5.78. The first-order valence-corrected chi connectivity index (χ1v) is 8.62. The normalized spacial score (nSPS) is 10.7. The molecule has 1 aromatic heterocycles. The van der Waals surface area contributed by atoms with Gasteiger partial charge in [-0.1, -0.05) is 60.3 Å². The van der Waals surface area contributed by atoms with E-state index in [0.29, 0.717) is 6.61 Å². The predicted molar refractivity (Wildman–Crippen MR) is 92.5 cm³/mol. The SMILES string of the molecule is CCn1c(COc2ccccc2)nnc1SCc1ccccc1. The van der Waals surface area contributed by atoms with Crippen molar-refractivity contribution < 1.29 is 4.74 Å². The minimum absolute atomic E-state index is 0.427. The highest BCUT2D eigenvalue weighted by Crippen LogP contribution is 2.22. The first-order chi connectivity index (χ1) is 11.4. The van der Waals surface area contributed by atoms with Crippen LogP contribution in [-0.4, -0.2) is 14.8 Å². The average molecular weight is 325 g/mol. The van der Waals surface area contributed by atoms with Crippen molar-refractivity contribution in [1.29, 1.82) is 0 Å². The molecule has 3 aromatic rings. The molecule has 1 heterocycles. The Balaban J connectivity index is 1.64. The molecule has 0 fully saturated rings. The van der Waals surface area contributed by atoms with Crippen molar-refractivity contribution in [2.24, 2.45) is 0 Å². The van der Waals surface area contributed by atoms with E-state index in [-0.39, 0.29) is 0 Å². The Morgan fingerprint density at radius 2 is 1.65 bits per heavy atom. The van der Waals surface area contributed by atoms with Crippen LogP contribution in [0, 0.1) is 0 Å². The number of para-hydroxylation sites is 1. The van der Waals surface area contributed by atoms with E-state index in [2.05, 4.69) is 46.0 Å². The monoisotopic (exact) mass is 325 g/mol. The standard InChI is InChI=1S/C18H19N3OS/c1-2-21-17(13-22-16-11-7-4-8-12-16)19-20-18(21)23-14-15-9-5-3-6-10-15/h3-12H,2,13-14H2,1H3. The van der Waals surface area contributed by atoms with Gasteiger partial charge in [0.05, 0.1) is 0 Å². The van der Waals surface area contributed by atoms with Crippen molar-refractivity contribution in [1.82, 2.24) is 14.8 Å². The highest BCUT2D eigenvalue weighted by molar-refractivity contribution is 7.98. The first kappa shape index (κ1) is 15.6. The topological polar surface area (TPSA) is 39.9 Å². The molecule has 5 heteroatoms. The van der Waals surface area contributed by atoms with Gasteiger partial charge < -0.3 is 9.30 Å². The highest BCUT2D eigenvalue weighted by Gasteiger charge is 2.12. The maximum Gasteiger partial charge on any atom is 0.191 e. The van der Waals surface area contributed by atoms with Gasteiger partial charge in [-0.2, -0.15) is 0 Å². The summed E-state index contributed by atoms with van der Waals surface area (Å²) in [6.45, 7) is 3.36. The average Bonchev–Trinajstić information content (AvgIpc) is 3.02. The van der Waals surface area contributed by atoms with Gasteiger partial charge in [-0.25, -0.2) is 0 Å². The predicted octanol–water partition coefficient (Wildman–Crippen LogP) is 4.17. The van der Waals surface area contributed by atoms with Gasteiger partial charge in [-0.15, -0.1) is 10.2 Å². The molecule has 0 amide bonds. The maximum atomic E-state index is 5.78. The number of ether oxygens (including phenoxy) is 1. The Morgan fingerprint density at radius 1 is 0.957 bits per heavy atom. The number of hydrogen-bond acceptors (Lipinski definition) is 4. The summed E-state index contributed by atoms with van der Waals surface area (Å²) in [5.41, 5.74) is 1.28. The van der Waals surface area contributed by atoms with Gasteiger partial charge >= 0.3 is 0 Å². The zero-order valence-electron chi connectivity index (χ0n) is 13.1. The van der Waals surface area contributed by atoms with E-state index in [1.807, 2.05) is 36.4 Å². The van der Waals surface area contributed by atoms with Gasteiger partial charge in [0, 0.05) is 12.3 Å². The van der Waals surface area contributed by atoms with E-state index in [1.54, 1.807) is 11.8 Å². The van der Waals surface area contributed by atoms with E-state index < -0.39 is 0 Å². The lowest BCUT2D eigenvalue weighted by Gasteiger charge is -2.08. The van der Waals surface area contributed by atoms with Crippen molar-refractivity contribution >= 4 is 11.8 Å². The van der Waals surface area contributed by atoms with Crippen molar-refractivity contribution in [2.75, 3.05) is 0 Å². The molecule has 0 bridgehead atoms. The Morgan fingerprint density at radius 3 is 2.35 bits per heavy atom. The molecule has 0 unspecified atom stereocenters. The summed E-state index contributed by atoms with van der Waals surface area (Å²) in [5, 5.41) is 9.53. The summed E-state index contributed by atoms with van der Waals surface area (Å²) in [6.07, 6.45) is 0. The van der Waals surface area contributed by atoms with Gasteiger partial charge in [0.2, 0.25) is 0 Å². The van der Waals surface area contributed by atoms with Crippen LogP contribution in [0.25, 0.3) is 0 Å². The van der Waals surface area contributed by atoms with Crippen LogP contribution in [0.1, 0.15) is 18.3 Å². The number of hydrogen-bond donors (Lipinski definition) is 0. The largest absolute Gasteiger partial charge is 0.486 e. The summed E-state index contributed by atoms with van der Waals surface area (Å²) in [6, 6.07) is 20.2. The fourth-order valence-electron chi connectivity index (χ4n) is 2.24. The Kier molecular flexibility index (Phi) is 5.32. The summed E-state index contributed by atoms with van der Waals surface area (Å²) in [5.74, 6) is 2.59. The van der Waals surface area contributed by atoms with E-state index in [1.165, 1.54) is 5.56 Å². The van der Waals surface area contributed by atoms with Crippen LogP contribution in [0.2, 0.25) is 0 Å². The van der Waals surface area contributed by atoms with Gasteiger partial charge in [0.1, 0.15) is 12.4 Å². The summed E-state index contributed by atoms with van der Waals surface area (Å²) >= 11 is 1.70. The summed E-state index contributed by atoms with van der Waals surface area (Å²) < 4.78 is 7.89. The molecule has 0 saturated carbocycles. The molecule has 0 atom stereocenters. The molecule has 2 aromatic carbocycles. The van der Waals surface area contributed by atoms with Crippen molar-refractivity contribution in [3.63, 3.8) is 0 Å². The van der Waals surface area contributed by atoms with Crippen LogP contribution in [0.3, 0.4) is 0 Å². The summed E-state index contributed by atoms with van der Waals surface area (Å²) in [7, 11) is 0. The summed E-state index contributed by atoms with van der Waals surface area (Å²) in [4.78, 5) is 0. The fourth-order valence-corrected chi connectivity index (χ4v) is 3.21. The van der Waals surface area contributed by atoms with Crippen LogP contribution in [0.5, 0.6) is 5.75 Å². The lowest BCUT2D eigenvalue weighted by atomic mass is 10.2.